The van der Waals surface area contributed by atoms with Crippen molar-refractivity contribution in [1.29, 1.82) is 0 Å². The van der Waals surface area contributed by atoms with Crippen molar-refractivity contribution in [1.82, 2.24) is 25.1 Å². The maximum Gasteiger partial charge on any atom is 0.230 e. The third-order valence-corrected chi connectivity index (χ3v) is 2.37. The lowest BCUT2D eigenvalue weighted by Gasteiger charge is -2.11. The molecular formula is C10H14ClN7O. The molecule has 19 heavy (non-hydrogen) atoms. The van der Waals surface area contributed by atoms with E-state index in [0.717, 1.165) is 0 Å². The van der Waals surface area contributed by atoms with E-state index in [-0.39, 0.29) is 5.28 Å². The molecule has 8 nitrogen and oxygen atoms in total. The van der Waals surface area contributed by atoms with E-state index in [1.165, 1.54) is 0 Å². The molecule has 0 aliphatic carbocycles. The molecule has 2 rings (SSSR count). The molecule has 0 saturated carbocycles. The summed E-state index contributed by atoms with van der Waals surface area (Å²) in [6.45, 7) is 2.32. The van der Waals surface area contributed by atoms with Gasteiger partial charge in [-0.2, -0.15) is 19.9 Å². The summed E-state index contributed by atoms with van der Waals surface area (Å²) in [5, 5.41) is 6.99. The number of nitrogens with zero attached hydrogens (tertiary/aromatic N) is 6. The molecular weight excluding hydrogens is 270 g/mol. The summed E-state index contributed by atoms with van der Waals surface area (Å²) >= 11 is 5.82. The van der Waals surface area contributed by atoms with Crippen molar-refractivity contribution in [3.63, 3.8) is 0 Å². The zero-order valence-corrected chi connectivity index (χ0v) is 11.6. The highest BCUT2D eigenvalue weighted by Crippen LogP contribution is 2.11. The van der Waals surface area contributed by atoms with Gasteiger partial charge in [0.15, 0.2) is 5.82 Å². The Balaban J connectivity index is 1.95. The van der Waals surface area contributed by atoms with Crippen LogP contribution in [0.1, 0.15) is 11.7 Å². The quantitative estimate of drug-likeness (QED) is 0.866. The number of nitrogens with one attached hydrogen (secondary N) is 1. The third kappa shape index (κ3) is 3.75. The van der Waals surface area contributed by atoms with E-state index in [1.807, 2.05) is 14.1 Å². The zero-order valence-electron chi connectivity index (χ0n) is 10.9. The van der Waals surface area contributed by atoms with E-state index in [4.69, 9.17) is 16.1 Å². The molecule has 0 bridgehead atoms. The predicted octanol–water partition coefficient (Wildman–Crippen LogP) is 0.937. The van der Waals surface area contributed by atoms with Gasteiger partial charge in [0.25, 0.3) is 0 Å². The molecule has 2 heterocycles. The van der Waals surface area contributed by atoms with Gasteiger partial charge in [-0.05, 0) is 11.6 Å². The summed E-state index contributed by atoms with van der Waals surface area (Å²) in [5.74, 6) is 2.10. The Bertz CT molecular complexity index is 557. The molecule has 0 saturated heterocycles. The molecule has 2 aromatic rings. The minimum absolute atomic E-state index is 0.150. The lowest BCUT2D eigenvalue weighted by molar-refractivity contribution is 0.387. The van der Waals surface area contributed by atoms with Crippen LogP contribution in [0.25, 0.3) is 0 Å². The molecule has 9 heteroatoms. The number of rotatable bonds is 5. The Morgan fingerprint density at radius 1 is 1.21 bits per heavy atom. The van der Waals surface area contributed by atoms with Crippen LogP contribution in [0, 0.1) is 6.92 Å². The second-order valence-electron chi connectivity index (χ2n) is 4.03. The first-order valence-corrected chi connectivity index (χ1v) is 6.04. The normalized spacial score (nSPS) is 10.5. The monoisotopic (exact) mass is 283 g/mol. The van der Waals surface area contributed by atoms with Gasteiger partial charge in [0.1, 0.15) is 0 Å². The zero-order chi connectivity index (χ0) is 13.8. The van der Waals surface area contributed by atoms with E-state index < -0.39 is 0 Å². The molecule has 1 N–H and O–H groups in total. The number of aryl methyl sites for hydroxylation is 1. The van der Waals surface area contributed by atoms with Crippen molar-refractivity contribution in [3.8, 4) is 0 Å². The maximum atomic E-state index is 5.82. The summed E-state index contributed by atoms with van der Waals surface area (Å²) in [5.41, 5.74) is 0. The van der Waals surface area contributed by atoms with Crippen LogP contribution < -0.4 is 10.2 Å². The molecule has 0 radical (unpaired) electrons. The minimum Gasteiger partial charge on any atom is -0.354 e. The average molecular weight is 284 g/mol. The topological polar surface area (TPSA) is 92.9 Å². The SMILES string of the molecule is Cc1nc(CCNc2nc(Cl)nc(N(C)C)n2)no1. The first-order valence-electron chi connectivity index (χ1n) is 5.66. The highest BCUT2D eigenvalue weighted by Gasteiger charge is 2.07. The lowest BCUT2D eigenvalue weighted by atomic mass is 10.4. The maximum absolute atomic E-state index is 5.82. The Kier molecular flexibility index (Phi) is 4.10. The predicted molar refractivity (Wildman–Crippen MR) is 70.4 cm³/mol. The van der Waals surface area contributed by atoms with Crippen molar-refractivity contribution in [2.24, 2.45) is 0 Å². The van der Waals surface area contributed by atoms with Crippen molar-refractivity contribution in [2.45, 2.75) is 13.3 Å². The number of halogens is 1. The van der Waals surface area contributed by atoms with Crippen LogP contribution in [0.15, 0.2) is 4.52 Å². The first-order chi connectivity index (χ1) is 9.04. The van der Waals surface area contributed by atoms with Crippen LogP contribution in [-0.4, -0.2) is 45.7 Å². The first kappa shape index (κ1) is 13.5. The second kappa shape index (κ2) is 5.79. The minimum atomic E-state index is 0.150. The Hall–Kier alpha value is -1.96. The average Bonchev–Trinajstić information content (AvgIpc) is 2.74. The summed E-state index contributed by atoms with van der Waals surface area (Å²) in [6.07, 6.45) is 0.609. The highest BCUT2D eigenvalue weighted by atomic mass is 35.5. The van der Waals surface area contributed by atoms with Crippen molar-refractivity contribution in [3.05, 3.63) is 17.0 Å². The summed E-state index contributed by atoms with van der Waals surface area (Å²) < 4.78 is 4.88. The fourth-order valence-electron chi connectivity index (χ4n) is 1.35. The Morgan fingerprint density at radius 3 is 2.63 bits per heavy atom. The number of aromatic nitrogens is 5. The van der Waals surface area contributed by atoms with Crippen LogP contribution in [0.3, 0.4) is 0 Å². The molecule has 0 aromatic carbocycles. The van der Waals surface area contributed by atoms with Crippen molar-refractivity contribution < 1.29 is 4.52 Å². The number of hydrogen-bond acceptors (Lipinski definition) is 8. The largest absolute Gasteiger partial charge is 0.354 e. The van der Waals surface area contributed by atoms with Gasteiger partial charge in [-0.25, -0.2) is 0 Å². The van der Waals surface area contributed by atoms with Gasteiger partial charge in [0.05, 0.1) is 0 Å². The Labute approximate surface area is 115 Å². The van der Waals surface area contributed by atoms with E-state index in [0.29, 0.717) is 36.6 Å². The van der Waals surface area contributed by atoms with Crippen molar-refractivity contribution >= 4 is 23.5 Å². The highest BCUT2D eigenvalue weighted by molar-refractivity contribution is 6.28. The van der Waals surface area contributed by atoms with Crippen LogP contribution in [-0.2, 0) is 6.42 Å². The molecule has 0 unspecified atom stereocenters. The standard InChI is InChI=1S/C10H14ClN7O/c1-6-13-7(17-19-6)4-5-12-9-14-8(11)15-10(16-9)18(2)3/h4-5H2,1-3H3,(H,12,14,15,16). The van der Waals surface area contributed by atoms with Gasteiger partial charge < -0.3 is 14.7 Å². The molecule has 0 amide bonds. The summed E-state index contributed by atoms with van der Waals surface area (Å²) in [7, 11) is 3.66. The molecule has 0 atom stereocenters. The fourth-order valence-corrected chi connectivity index (χ4v) is 1.50. The molecule has 0 aliphatic rings. The van der Waals surface area contributed by atoms with Gasteiger partial charge in [-0.1, -0.05) is 5.16 Å². The summed E-state index contributed by atoms with van der Waals surface area (Å²) in [4.78, 5) is 18.1. The Morgan fingerprint density at radius 2 is 2.00 bits per heavy atom. The number of hydrogen-bond donors (Lipinski definition) is 1. The smallest absolute Gasteiger partial charge is 0.230 e. The van der Waals surface area contributed by atoms with Crippen LogP contribution in [0.4, 0.5) is 11.9 Å². The van der Waals surface area contributed by atoms with E-state index in [9.17, 15) is 0 Å². The van der Waals surface area contributed by atoms with Gasteiger partial charge in [-0.15, -0.1) is 0 Å². The lowest BCUT2D eigenvalue weighted by Crippen LogP contribution is -2.16. The van der Waals surface area contributed by atoms with E-state index in [1.54, 1.807) is 11.8 Å². The number of anilines is 2. The van der Waals surface area contributed by atoms with Crippen LogP contribution >= 0.6 is 11.6 Å². The summed E-state index contributed by atoms with van der Waals surface area (Å²) in [6, 6.07) is 0. The molecule has 0 fully saturated rings. The van der Waals surface area contributed by atoms with E-state index >= 15 is 0 Å². The third-order valence-electron chi connectivity index (χ3n) is 2.20. The van der Waals surface area contributed by atoms with Crippen molar-refractivity contribution in [2.75, 3.05) is 30.9 Å². The van der Waals surface area contributed by atoms with Crippen LogP contribution in [0.5, 0.6) is 0 Å². The molecule has 2 aromatic heterocycles. The van der Waals surface area contributed by atoms with Gasteiger partial charge in [0.2, 0.25) is 23.1 Å². The van der Waals surface area contributed by atoms with Gasteiger partial charge in [0, 0.05) is 34.0 Å². The second-order valence-corrected chi connectivity index (χ2v) is 4.37. The molecule has 102 valence electrons. The molecule has 0 aliphatic heterocycles. The van der Waals surface area contributed by atoms with Crippen LogP contribution in [0.2, 0.25) is 5.28 Å². The fraction of sp³-hybridized carbons (Fsp3) is 0.500. The van der Waals surface area contributed by atoms with Gasteiger partial charge >= 0.3 is 0 Å². The van der Waals surface area contributed by atoms with Gasteiger partial charge in [-0.3, -0.25) is 0 Å². The molecule has 0 spiro atoms. The van der Waals surface area contributed by atoms with E-state index in [2.05, 4.69) is 30.4 Å².